The molecule has 2 aromatic rings. The van der Waals surface area contributed by atoms with Crippen molar-refractivity contribution in [2.45, 2.75) is 19.4 Å². The minimum absolute atomic E-state index is 0.176. The van der Waals surface area contributed by atoms with Crippen LogP contribution in [0.15, 0.2) is 23.6 Å². The number of carbonyl (C=O) groups excluding carboxylic acids is 2. The Bertz CT molecular complexity index is 762. The van der Waals surface area contributed by atoms with Crippen molar-refractivity contribution in [2.24, 2.45) is 0 Å². The predicted molar refractivity (Wildman–Crippen MR) is 86.3 cm³/mol. The van der Waals surface area contributed by atoms with E-state index in [9.17, 15) is 9.59 Å². The molecule has 1 amide bonds. The summed E-state index contributed by atoms with van der Waals surface area (Å²) in [5.74, 6) is -0.175. The summed E-state index contributed by atoms with van der Waals surface area (Å²) in [4.78, 5) is 27.8. The lowest BCUT2D eigenvalue weighted by molar-refractivity contribution is -0.122. The molecule has 1 aliphatic rings. The highest BCUT2D eigenvalue weighted by atomic mass is 35.5. The van der Waals surface area contributed by atoms with E-state index in [4.69, 9.17) is 21.1 Å². The Morgan fingerprint density at radius 1 is 1.52 bits per heavy atom. The van der Waals surface area contributed by atoms with Gasteiger partial charge in [-0.3, -0.25) is 10.1 Å². The number of rotatable bonds is 4. The maximum atomic E-state index is 12.3. The standard InChI is InChI=1S/C15H13ClN2O4S/c1-2-21-14(20)10-7-23-15(17-10)18-13(19)12-6-8-5-9(16)3-4-11(8)22-12/h3-5,7,12H,2,6H2,1H3,(H,17,18,19)/t12-/m0/s1. The summed E-state index contributed by atoms with van der Waals surface area (Å²) in [6, 6.07) is 5.24. The number of amides is 1. The van der Waals surface area contributed by atoms with Crippen LogP contribution in [0.5, 0.6) is 5.75 Å². The quantitative estimate of drug-likeness (QED) is 0.856. The molecule has 3 rings (SSSR count). The topological polar surface area (TPSA) is 77.5 Å². The third-order valence-corrected chi connectivity index (χ3v) is 4.20. The van der Waals surface area contributed by atoms with Crippen LogP contribution in [0.25, 0.3) is 0 Å². The molecule has 120 valence electrons. The van der Waals surface area contributed by atoms with Gasteiger partial charge in [0.2, 0.25) is 0 Å². The zero-order valence-electron chi connectivity index (χ0n) is 12.2. The number of anilines is 1. The zero-order chi connectivity index (χ0) is 16.4. The second kappa shape index (κ2) is 6.55. The average molecular weight is 353 g/mol. The molecule has 1 aromatic heterocycles. The van der Waals surface area contributed by atoms with Crippen LogP contribution in [0, 0.1) is 0 Å². The second-order valence-electron chi connectivity index (χ2n) is 4.81. The number of nitrogens with one attached hydrogen (secondary N) is 1. The number of esters is 1. The number of nitrogens with zero attached hydrogens (tertiary/aromatic N) is 1. The first-order valence-corrected chi connectivity index (χ1v) is 8.21. The Morgan fingerprint density at radius 2 is 2.35 bits per heavy atom. The summed E-state index contributed by atoms with van der Waals surface area (Å²) in [6.07, 6.45) is -0.198. The molecular formula is C15H13ClN2O4S. The first kappa shape index (κ1) is 15.8. The first-order valence-electron chi connectivity index (χ1n) is 6.95. The van der Waals surface area contributed by atoms with Gasteiger partial charge in [-0.1, -0.05) is 11.6 Å². The first-order chi connectivity index (χ1) is 11.1. The molecule has 8 heteroatoms. The van der Waals surface area contributed by atoms with Gasteiger partial charge in [0.15, 0.2) is 16.9 Å². The van der Waals surface area contributed by atoms with Crippen LogP contribution in [0.4, 0.5) is 5.13 Å². The van der Waals surface area contributed by atoms with Gasteiger partial charge in [0, 0.05) is 16.8 Å². The molecule has 2 heterocycles. The van der Waals surface area contributed by atoms with Crippen molar-refractivity contribution in [3.8, 4) is 5.75 Å². The van der Waals surface area contributed by atoms with Gasteiger partial charge in [-0.25, -0.2) is 9.78 Å². The molecule has 23 heavy (non-hydrogen) atoms. The van der Waals surface area contributed by atoms with E-state index < -0.39 is 12.1 Å². The van der Waals surface area contributed by atoms with E-state index in [2.05, 4.69) is 10.3 Å². The number of thiazole rings is 1. The van der Waals surface area contributed by atoms with Crippen molar-refractivity contribution in [1.82, 2.24) is 4.98 Å². The lowest BCUT2D eigenvalue weighted by Crippen LogP contribution is -2.31. The van der Waals surface area contributed by atoms with Crippen LogP contribution >= 0.6 is 22.9 Å². The molecule has 0 saturated carbocycles. The van der Waals surface area contributed by atoms with Gasteiger partial charge in [0.1, 0.15) is 5.75 Å². The molecule has 1 aliphatic heterocycles. The summed E-state index contributed by atoms with van der Waals surface area (Å²) >= 11 is 7.09. The van der Waals surface area contributed by atoms with E-state index >= 15 is 0 Å². The molecule has 0 bridgehead atoms. The van der Waals surface area contributed by atoms with E-state index in [-0.39, 0.29) is 18.2 Å². The number of halogens is 1. The molecule has 1 aromatic carbocycles. The predicted octanol–water partition coefficient (Wildman–Crippen LogP) is 2.92. The fourth-order valence-corrected chi connectivity index (χ4v) is 3.06. The maximum absolute atomic E-state index is 12.3. The lowest BCUT2D eigenvalue weighted by Gasteiger charge is -2.09. The highest BCUT2D eigenvalue weighted by Crippen LogP contribution is 2.31. The van der Waals surface area contributed by atoms with E-state index in [1.54, 1.807) is 25.1 Å². The van der Waals surface area contributed by atoms with Crippen molar-refractivity contribution >= 4 is 39.9 Å². The molecule has 1 N–H and O–H groups in total. The summed E-state index contributed by atoms with van der Waals surface area (Å²) in [5.41, 5.74) is 1.07. The molecule has 0 saturated heterocycles. The summed E-state index contributed by atoms with van der Waals surface area (Å²) in [6.45, 7) is 1.99. The van der Waals surface area contributed by atoms with Gasteiger partial charge in [-0.05, 0) is 30.7 Å². The van der Waals surface area contributed by atoms with Gasteiger partial charge in [0.05, 0.1) is 6.61 Å². The Morgan fingerprint density at radius 3 is 3.13 bits per heavy atom. The van der Waals surface area contributed by atoms with Crippen molar-refractivity contribution in [1.29, 1.82) is 0 Å². The number of aromatic nitrogens is 1. The molecule has 1 atom stereocenters. The average Bonchev–Trinajstić information content (AvgIpc) is 3.13. The van der Waals surface area contributed by atoms with Crippen LogP contribution in [0.1, 0.15) is 23.0 Å². The largest absolute Gasteiger partial charge is 0.480 e. The van der Waals surface area contributed by atoms with Crippen LogP contribution in [-0.2, 0) is 16.0 Å². The van der Waals surface area contributed by atoms with Crippen molar-refractivity contribution in [2.75, 3.05) is 11.9 Å². The molecule has 6 nitrogen and oxygen atoms in total. The molecule has 0 unspecified atom stereocenters. The fraction of sp³-hybridized carbons (Fsp3) is 0.267. The smallest absolute Gasteiger partial charge is 0.357 e. The number of hydrogen-bond donors (Lipinski definition) is 1. The highest BCUT2D eigenvalue weighted by Gasteiger charge is 2.30. The third kappa shape index (κ3) is 3.46. The van der Waals surface area contributed by atoms with Crippen LogP contribution in [0.2, 0.25) is 5.02 Å². The van der Waals surface area contributed by atoms with Gasteiger partial charge in [-0.2, -0.15) is 0 Å². The Hall–Kier alpha value is -2.12. The minimum atomic E-state index is -0.640. The molecule has 0 aliphatic carbocycles. The maximum Gasteiger partial charge on any atom is 0.357 e. The minimum Gasteiger partial charge on any atom is -0.480 e. The van der Waals surface area contributed by atoms with Crippen molar-refractivity contribution < 1.29 is 19.1 Å². The molecule has 0 radical (unpaired) electrons. The summed E-state index contributed by atoms with van der Waals surface area (Å²) in [7, 11) is 0. The summed E-state index contributed by atoms with van der Waals surface area (Å²) in [5, 5.41) is 5.13. The fourth-order valence-electron chi connectivity index (χ4n) is 2.18. The van der Waals surface area contributed by atoms with Gasteiger partial charge >= 0.3 is 5.97 Å². The normalized spacial score (nSPS) is 15.7. The second-order valence-corrected chi connectivity index (χ2v) is 6.10. The molecule has 0 fully saturated rings. The van der Waals surface area contributed by atoms with E-state index in [1.807, 2.05) is 0 Å². The van der Waals surface area contributed by atoms with Crippen LogP contribution < -0.4 is 10.1 Å². The lowest BCUT2D eigenvalue weighted by atomic mass is 10.1. The van der Waals surface area contributed by atoms with Crippen LogP contribution in [0.3, 0.4) is 0 Å². The van der Waals surface area contributed by atoms with Gasteiger partial charge < -0.3 is 9.47 Å². The zero-order valence-corrected chi connectivity index (χ0v) is 13.7. The Kier molecular flexibility index (Phi) is 4.49. The van der Waals surface area contributed by atoms with E-state index in [0.29, 0.717) is 22.3 Å². The monoisotopic (exact) mass is 352 g/mol. The van der Waals surface area contributed by atoms with Crippen molar-refractivity contribution in [3.63, 3.8) is 0 Å². The van der Waals surface area contributed by atoms with E-state index in [1.165, 1.54) is 5.38 Å². The molecule has 0 spiro atoms. The van der Waals surface area contributed by atoms with Crippen LogP contribution in [-0.4, -0.2) is 29.6 Å². The highest BCUT2D eigenvalue weighted by molar-refractivity contribution is 7.14. The number of fused-ring (bicyclic) bond motifs is 1. The number of ether oxygens (including phenoxy) is 2. The van der Waals surface area contributed by atoms with Gasteiger partial charge in [-0.15, -0.1) is 11.3 Å². The molecular weight excluding hydrogens is 340 g/mol. The van der Waals surface area contributed by atoms with E-state index in [0.717, 1.165) is 16.9 Å². The van der Waals surface area contributed by atoms with Gasteiger partial charge in [0.25, 0.3) is 5.91 Å². The Balaban J connectivity index is 1.63. The number of benzene rings is 1. The SMILES string of the molecule is CCOC(=O)c1csc(NC(=O)[C@@H]2Cc3cc(Cl)ccc3O2)n1. The number of carbonyl (C=O) groups is 2. The van der Waals surface area contributed by atoms with Crippen molar-refractivity contribution in [3.05, 3.63) is 39.9 Å². The third-order valence-electron chi connectivity index (χ3n) is 3.21. The summed E-state index contributed by atoms with van der Waals surface area (Å²) < 4.78 is 10.5. The Labute approximate surface area is 141 Å². The number of hydrogen-bond acceptors (Lipinski definition) is 6.